The van der Waals surface area contributed by atoms with Gasteiger partial charge in [-0.15, -0.1) is 0 Å². The van der Waals surface area contributed by atoms with Crippen LogP contribution < -0.4 is 0 Å². The normalized spacial score (nSPS) is 11.5. The number of ketones is 1. The van der Waals surface area contributed by atoms with Crippen molar-refractivity contribution in [2.75, 3.05) is 0 Å². The summed E-state index contributed by atoms with van der Waals surface area (Å²) in [4.78, 5) is 10.9. The summed E-state index contributed by atoms with van der Waals surface area (Å²) in [6, 6.07) is 3.50. The fraction of sp³-hybridized carbons (Fsp3) is 0.125. The van der Waals surface area contributed by atoms with E-state index < -0.39 is 22.5 Å². The van der Waals surface area contributed by atoms with E-state index in [0.717, 1.165) is 6.07 Å². The van der Waals surface area contributed by atoms with Crippen molar-refractivity contribution in [2.24, 2.45) is 0 Å². The topological polar surface area (TPSA) is 17.1 Å². The molecule has 0 spiro atoms. The van der Waals surface area contributed by atoms with E-state index in [1.54, 1.807) is 0 Å². The third kappa shape index (κ3) is 2.27. The van der Waals surface area contributed by atoms with Gasteiger partial charge in [-0.25, -0.2) is 4.39 Å². The van der Waals surface area contributed by atoms with Crippen molar-refractivity contribution in [3.63, 3.8) is 0 Å². The van der Waals surface area contributed by atoms with Gasteiger partial charge in [-0.2, -0.15) is 8.78 Å². The maximum atomic E-state index is 13.1. The number of hydrogen-bond acceptors (Lipinski definition) is 1. The van der Waals surface area contributed by atoms with Crippen LogP contribution in [-0.4, -0.2) is 11.2 Å². The standard InChI is InChI=1S/C8H3BrClF3O/c9-5-3-1-2-4(6(5)11)7(14)8(10,12)13/h1-3H. The molecule has 0 radical (unpaired) electrons. The Balaban J connectivity index is 3.21. The Morgan fingerprint density at radius 3 is 2.50 bits per heavy atom. The van der Waals surface area contributed by atoms with Crippen LogP contribution in [0, 0.1) is 5.82 Å². The minimum absolute atomic E-state index is 0.0655. The molecule has 0 saturated carbocycles. The molecule has 0 saturated heterocycles. The zero-order chi connectivity index (χ0) is 10.9. The summed E-state index contributed by atoms with van der Waals surface area (Å²) in [6.07, 6.45) is 0. The van der Waals surface area contributed by atoms with Gasteiger partial charge in [-0.1, -0.05) is 6.07 Å². The lowest BCUT2D eigenvalue weighted by atomic mass is 10.1. The molecule has 0 amide bonds. The molecule has 0 unspecified atom stereocenters. The van der Waals surface area contributed by atoms with Crippen LogP contribution in [0.15, 0.2) is 22.7 Å². The second kappa shape index (κ2) is 3.90. The summed E-state index contributed by atoms with van der Waals surface area (Å²) in [5.41, 5.74) is -0.737. The lowest BCUT2D eigenvalue weighted by Gasteiger charge is -2.07. The van der Waals surface area contributed by atoms with Crippen molar-refractivity contribution in [1.82, 2.24) is 0 Å². The lowest BCUT2D eigenvalue weighted by Crippen LogP contribution is -2.22. The Morgan fingerprint density at radius 2 is 2.00 bits per heavy atom. The minimum Gasteiger partial charge on any atom is -0.286 e. The summed E-state index contributed by atoms with van der Waals surface area (Å²) in [7, 11) is 0. The third-order valence-corrected chi connectivity index (χ3v) is 2.24. The molecule has 76 valence electrons. The highest BCUT2D eigenvalue weighted by Gasteiger charge is 2.38. The maximum absolute atomic E-state index is 13.1. The average Bonchev–Trinajstić information content (AvgIpc) is 2.07. The van der Waals surface area contributed by atoms with E-state index >= 15 is 0 Å². The number of carbonyl (C=O) groups is 1. The molecule has 1 aromatic rings. The second-order valence-corrected chi connectivity index (χ2v) is 3.76. The molecule has 0 aliphatic rings. The van der Waals surface area contributed by atoms with Crippen LogP contribution in [0.5, 0.6) is 0 Å². The first kappa shape index (κ1) is 11.5. The van der Waals surface area contributed by atoms with Crippen LogP contribution in [-0.2, 0) is 0 Å². The molecule has 0 fully saturated rings. The van der Waals surface area contributed by atoms with E-state index in [0.29, 0.717) is 0 Å². The smallest absolute Gasteiger partial charge is 0.286 e. The Kier molecular flexibility index (Phi) is 3.21. The van der Waals surface area contributed by atoms with Gasteiger partial charge in [0, 0.05) is 0 Å². The monoisotopic (exact) mass is 286 g/mol. The Bertz CT molecular complexity index is 375. The first-order valence-electron chi connectivity index (χ1n) is 3.39. The van der Waals surface area contributed by atoms with Crippen molar-refractivity contribution in [1.29, 1.82) is 0 Å². The van der Waals surface area contributed by atoms with Gasteiger partial charge in [0.15, 0.2) is 0 Å². The fourth-order valence-corrected chi connectivity index (χ4v) is 1.30. The van der Waals surface area contributed by atoms with E-state index in [9.17, 15) is 18.0 Å². The molecule has 6 heteroatoms. The Labute approximate surface area is 91.0 Å². The van der Waals surface area contributed by atoms with Gasteiger partial charge >= 0.3 is 5.38 Å². The van der Waals surface area contributed by atoms with Crippen LogP contribution in [0.1, 0.15) is 10.4 Å². The number of halogens is 5. The summed E-state index contributed by atoms with van der Waals surface area (Å²) in [5, 5.41) is -4.08. The van der Waals surface area contributed by atoms with Crippen LogP contribution >= 0.6 is 27.5 Å². The zero-order valence-corrected chi connectivity index (χ0v) is 8.87. The lowest BCUT2D eigenvalue weighted by molar-refractivity contribution is 0.0531. The molecule has 14 heavy (non-hydrogen) atoms. The van der Waals surface area contributed by atoms with Crippen LogP contribution in [0.2, 0.25) is 0 Å². The van der Waals surface area contributed by atoms with Crippen molar-refractivity contribution in [3.8, 4) is 0 Å². The molecule has 0 aliphatic heterocycles. The van der Waals surface area contributed by atoms with Crippen LogP contribution in [0.3, 0.4) is 0 Å². The highest BCUT2D eigenvalue weighted by Crippen LogP contribution is 2.28. The molecule has 0 heterocycles. The van der Waals surface area contributed by atoms with Gasteiger partial charge in [0.1, 0.15) is 5.82 Å². The predicted octanol–water partition coefficient (Wildman–Crippen LogP) is 3.60. The molecule has 0 aromatic heterocycles. The molecule has 0 aliphatic carbocycles. The first-order valence-corrected chi connectivity index (χ1v) is 4.56. The molecular weight excluding hydrogens is 284 g/mol. The van der Waals surface area contributed by atoms with E-state index in [1.165, 1.54) is 12.1 Å². The molecule has 1 aromatic carbocycles. The van der Waals surface area contributed by atoms with Crippen molar-refractivity contribution >= 4 is 33.3 Å². The predicted molar refractivity (Wildman–Crippen MR) is 49.2 cm³/mol. The molecule has 0 N–H and O–H groups in total. The van der Waals surface area contributed by atoms with Gasteiger partial charge in [0.2, 0.25) is 0 Å². The average molecular weight is 287 g/mol. The number of benzene rings is 1. The van der Waals surface area contributed by atoms with E-state index in [4.69, 9.17) is 0 Å². The Morgan fingerprint density at radius 1 is 1.43 bits per heavy atom. The van der Waals surface area contributed by atoms with Gasteiger partial charge in [0.05, 0.1) is 10.0 Å². The Hall–Kier alpha value is -0.550. The fourth-order valence-electron chi connectivity index (χ4n) is 0.832. The highest BCUT2D eigenvalue weighted by atomic mass is 79.9. The third-order valence-electron chi connectivity index (χ3n) is 1.45. The summed E-state index contributed by atoms with van der Waals surface area (Å²) >= 11 is 7.24. The quantitative estimate of drug-likeness (QED) is 0.600. The molecular formula is C8H3BrClF3O. The number of hydrogen-bond donors (Lipinski definition) is 0. The largest absolute Gasteiger partial charge is 0.385 e. The minimum atomic E-state index is -4.08. The van der Waals surface area contributed by atoms with Crippen LogP contribution in [0.25, 0.3) is 0 Å². The van der Waals surface area contributed by atoms with Gasteiger partial charge in [-0.3, -0.25) is 4.79 Å². The number of Topliss-reactive ketones (excluding diaryl/α,β-unsaturated/α-hetero) is 1. The van der Waals surface area contributed by atoms with Gasteiger partial charge in [-0.05, 0) is 39.7 Å². The highest BCUT2D eigenvalue weighted by molar-refractivity contribution is 9.10. The van der Waals surface area contributed by atoms with Crippen LogP contribution in [0.4, 0.5) is 13.2 Å². The second-order valence-electron chi connectivity index (χ2n) is 2.43. The molecule has 1 nitrogen and oxygen atoms in total. The number of alkyl halides is 3. The SMILES string of the molecule is O=C(c1cccc(Br)c1F)C(F)(F)Cl. The number of rotatable bonds is 2. The summed E-state index contributed by atoms with van der Waals surface area (Å²) < 4.78 is 37.8. The molecule has 1 rings (SSSR count). The van der Waals surface area contributed by atoms with Gasteiger partial charge < -0.3 is 0 Å². The zero-order valence-electron chi connectivity index (χ0n) is 6.53. The first-order chi connectivity index (χ1) is 6.34. The van der Waals surface area contributed by atoms with E-state index in [2.05, 4.69) is 27.5 Å². The van der Waals surface area contributed by atoms with E-state index in [1.807, 2.05) is 0 Å². The van der Waals surface area contributed by atoms with Gasteiger partial charge in [0.25, 0.3) is 5.78 Å². The van der Waals surface area contributed by atoms with Crippen molar-refractivity contribution in [2.45, 2.75) is 5.38 Å². The molecule has 0 atom stereocenters. The maximum Gasteiger partial charge on any atom is 0.385 e. The summed E-state index contributed by atoms with van der Waals surface area (Å²) in [6.45, 7) is 0. The van der Waals surface area contributed by atoms with Crippen molar-refractivity contribution < 1.29 is 18.0 Å². The van der Waals surface area contributed by atoms with Crippen molar-refractivity contribution in [3.05, 3.63) is 34.1 Å². The number of carbonyl (C=O) groups excluding carboxylic acids is 1. The molecule has 0 bridgehead atoms. The summed E-state index contributed by atoms with van der Waals surface area (Å²) in [5.74, 6) is -2.80. The van der Waals surface area contributed by atoms with E-state index in [-0.39, 0.29) is 4.47 Å².